The molecular weight excluding hydrogens is 400 g/mol. The van der Waals surface area contributed by atoms with Crippen LogP contribution in [0.2, 0.25) is 0 Å². The minimum absolute atomic E-state index is 0.121. The van der Waals surface area contributed by atoms with Crippen molar-refractivity contribution < 1.29 is 18.4 Å². The Balaban J connectivity index is 1.24. The van der Waals surface area contributed by atoms with Gasteiger partial charge >= 0.3 is 0 Å². The summed E-state index contributed by atoms with van der Waals surface area (Å²) in [6.45, 7) is 2.05. The van der Waals surface area contributed by atoms with Gasteiger partial charge in [-0.3, -0.25) is 9.59 Å². The normalized spacial score (nSPS) is 17.1. The molecule has 0 atom stereocenters. The van der Waals surface area contributed by atoms with Crippen molar-refractivity contribution in [3.05, 3.63) is 70.9 Å². The van der Waals surface area contributed by atoms with Gasteiger partial charge in [-0.05, 0) is 31.0 Å². The van der Waals surface area contributed by atoms with Crippen molar-refractivity contribution in [2.75, 3.05) is 19.6 Å². The molecule has 0 spiro atoms. The molecule has 2 aliphatic rings. The van der Waals surface area contributed by atoms with Crippen molar-refractivity contribution in [3.63, 3.8) is 0 Å². The Labute approximate surface area is 178 Å². The summed E-state index contributed by atoms with van der Waals surface area (Å²) in [6, 6.07) is 11.1. The number of hydrogen-bond acceptors (Lipinski definition) is 2. The molecule has 7 heteroatoms. The SMILES string of the molecule is O=C(c1ccc(F)cc1F)N1CCC(C(=O)N2CCc3[nH]c4ccccc4c3C2)CC1. The molecule has 3 aromatic rings. The highest BCUT2D eigenvalue weighted by Crippen LogP contribution is 2.30. The van der Waals surface area contributed by atoms with E-state index >= 15 is 0 Å². The van der Waals surface area contributed by atoms with Crippen molar-refractivity contribution in [1.29, 1.82) is 0 Å². The Morgan fingerprint density at radius 3 is 2.52 bits per heavy atom. The van der Waals surface area contributed by atoms with Crippen LogP contribution in [0.1, 0.15) is 34.5 Å². The van der Waals surface area contributed by atoms with Gasteiger partial charge in [0.1, 0.15) is 11.6 Å². The van der Waals surface area contributed by atoms with E-state index in [1.54, 1.807) is 4.90 Å². The van der Waals surface area contributed by atoms with Crippen LogP contribution in [0.3, 0.4) is 0 Å². The number of fused-ring (bicyclic) bond motifs is 3. The summed E-state index contributed by atoms with van der Waals surface area (Å²) in [7, 11) is 0. The van der Waals surface area contributed by atoms with Gasteiger partial charge in [-0.2, -0.15) is 0 Å². The molecule has 0 bridgehead atoms. The maximum Gasteiger partial charge on any atom is 0.256 e. The Morgan fingerprint density at radius 2 is 1.74 bits per heavy atom. The van der Waals surface area contributed by atoms with Gasteiger partial charge in [0.15, 0.2) is 0 Å². The van der Waals surface area contributed by atoms with Crippen molar-refractivity contribution >= 4 is 22.7 Å². The van der Waals surface area contributed by atoms with Crippen LogP contribution in [-0.2, 0) is 17.8 Å². The molecule has 1 fully saturated rings. The predicted molar refractivity (Wildman–Crippen MR) is 112 cm³/mol. The van der Waals surface area contributed by atoms with E-state index in [4.69, 9.17) is 0 Å². The summed E-state index contributed by atoms with van der Waals surface area (Å²) in [5, 5.41) is 1.16. The topological polar surface area (TPSA) is 56.4 Å². The van der Waals surface area contributed by atoms with E-state index in [1.807, 2.05) is 17.0 Å². The van der Waals surface area contributed by atoms with E-state index < -0.39 is 17.5 Å². The molecule has 5 nitrogen and oxygen atoms in total. The number of benzene rings is 2. The Bertz CT molecular complexity index is 1160. The molecule has 0 aliphatic carbocycles. The van der Waals surface area contributed by atoms with Crippen molar-refractivity contribution in [2.45, 2.75) is 25.8 Å². The zero-order chi connectivity index (χ0) is 21.5. The summed E-state index contributed by atoms with van der Waals surface area (Å²) in [4.78, 5) is 32.7. The van der Waals surface area contributed by atoms with Gasteiger partial charge in [0.05, 0.1) is 5.56 Å². The Kier molecular flexibility index (Phi) is 4.96. The molecule has 3 heterocycles. The van der Waals surface area contributed by atoms with Crippen LogP contribution in [0, 0.1) is 17.6 Å². The van der Waals surface area contributed by atoms with E-state index in [2.05, 4.69) is 17.1 Å². The van der Waals surface area contributed by atoms with Crippen LogP contribution in [0.5, 0.6) is 0 Å². The second-order valence-corrected chi connectivity index (χ2v) is 8.33. The van der Waals surface area contributed by atoms with Crippen LogP contribution in [0.25, 0.3) is 10.9 Å². The second kappa shape index (κ2) is 7.80. The third kappa shape index (κ3) is 3.58. The average Bonchev–Trinajstić information content (AvgIpc) is 3.16. The van der Waals surface area contributed by atoms with Crippen molar-refractivity contribution in [1.82, 2.24) is 14.8 Å². The molecule has 0 saturated carbocycles. The summed E-state index contributed by atoms with van der Waals surface area (Å²) in [5.41, 5.74) is 3.36. The minimum Gasteiger partial charge on any atom is -0.358 e. The fraction of sp³-hybridized carbons (Fsp3) is 0.333. The van der Waals surface area contributed by atoms with E-state index in [9.17, 15) is 18.4 Å². The number of H-pyrrole nitrogens is 1. The third-order valence-electron chi connectivity index (χ3n) is 6.49. The number of nitrogens with zero attached hydrogens (tertiary/aromatic N) is 2. The lowest BCUT2D eigenvalue weighted by Gasteiger charge is -2.35. The van der Waals surface area contributed by atoms with E-state index in [0.717, 1.165) is 29.5 Å². The maximum absolute atomic E-state index is 14.0. The molecule has 0 radical (unpaired) electrons. The number of para-hydroxylation sites is 1. The lowest BCUT2D eigenvalue weighted by atomic mass is 9.93. The molecular formula is C24H23F2N3O2. The van der Waals surface area contributed by atoms with Gasteiger partial charge in [-0.15, -0.1) is 0 Å². The smallest absolute Gasteiger partial charge is 0.256 e. The monoisotopic (exact) mass is 423 g/mol. The zero-order valence-electron chi connectivity index (χ0n) is 17.0. The van der Waals surface area contributed by atoms with Crippen LogP contribution in [-0.4, -0.2) is 46.2 Å². The van der Waals surface area contributed by atoms with Gasteiger partial charge in [0.2, 0.25) is 5.91 Å². The molecule has 2 aliphatic heterocycles. The van der Waals surface area contributed by atoms with Crippen LogP contribution in [0.4, 0.5) is 8.78 Å². The van der Waals surface area contributed by atoms with Gasteiger partial charge in [0, 0.05) is 66.7 Å². The first-order valence-corrected chi connectivity index (χ1v) is 10.6. The van der Waals surface area contributed by atoms with Gasteiger partial charge in [-0.1, -0.05) is 18.2 Å². The molecule has 5 rings (SSSR count). The van der Waals surface area contributed by atoms with Crippen LogP contribution < -0.4 is 0 Å². The largest absolute Gasteiger partial charge is 0.358 e. The quantitative estimate of drug-likeness (QED) is 0.680. The van der Waals surface area contributed by atoms with E-state index in [-0.39, 0.29) is 17.4 Å². The lowest BCUT2D eigenvalue weighted by Crippen LogP contribution is -2.45. The summed E-state index contributed by atoms with van der Waals surface area (Å²) >= 11 is 0. The Morgan fingerprint density at radius 1 is 0.968 bits per heavy atom. The number of rotatable bonds is 2. The number of carbonyl (C=O) groups is 2. The fourth-order valence-electron chi connectivity index (χ4n) is 4.78. The first-order chi connectivity index (χ1) is 15.0. The predicted octanol–water partition coefficient (Wildman–Crippen LogP) is 3.88. The number of aromatic nitrogens is 1. The fourth-order valence-corrected chi connectivity index (χ4v) is 4.78. The van der Waals surface area contributed by atoms with Crippen molar-refractivity contribution in [3.8, 4) is 0 Å². The van der Waals surface area contributed by atoms with Crippen molar-refractivity contribution in [2.24, 2.45) is 5.92 Å². The summed E-state index contributed by atoms with van der Waals surface area (Å²) < 4.78 is 27.1. The molecule has 0 unspecified atom stereocenters. The second-order valence-electron chi connectivity index (χ2n) is 8.33. The maximum atomic E-state index is 14.0. The highest BCUT2D eigenvalue weighted by Gasteiger charge is 2.33. The Hall–Kier alpha value is -3.22. The molecule has 1 saturated heterocycles. The number of nitrogens with one attached hydrogen (secondary N) is 1. The highest BCUT2D eigenvalue weighted by molar-refractivity contribution is 5.94. The number of likely N-dealkylation sites (tertiary alicyclic amines) is 1. The third-order valence-corrected chi connectivity index (χ3v) is 6.49. The number of hydrogen-bond donors (Lipinski definition) is 1. The molecule has 1 N–H and O–H groups in total. The molecule has 160 valence electrons. The van der Waals surface area contributed by atoms with Gasteiger partial charge in [0.25, 0.3) is 5.91 Å². The first-order valence-electron chi connectivity index (χ1n) is 10.6. The average molecular weight is 423 g/mol. The highest BCUT2D eigenvalue weighted by atomic mass is 19.1. The number of amides is 2. The number of carbonyl (C=O) groups excluding carboxylic acids is 2. The minimum atomic E-state index is -0.856. The number of piperidine rings is 1. The standard InChI is InChI=1S/C24H23F2N3O2/c25-16-5-6-18(20(26)13-16)24(31)28-10-7-15(8-11-28)23(30)29-12-9-22-19(14-29)17-3-1-2-4-21(17)27-22/h1-6,13,15,27H,7-12,14H2. The molecule has 1 aromatic heterocycles. The van der Waals surface area contributed by atoms with Crippen LogP contribution >= 0.6 is 0 Å². The summed E-state index contributed by atoms with van der Waals surface area (Å²) in [5.74, 6) is -2.04. The van der Waals surface area contributed by atoms with E-state index in [1.165, 1.54) is 17.3 Å². The molecule has 2 aromatic carbocycles. The summed E-state index contributed by atoms with van der Waals surface area (Å²) in [6.07, 6.45) is 1.90. The van der Waals surface area contributed by atoms with Gasteiger partial charge < -0.3 is 14.8 Å². The lowest BCUT2D eigenvalue weighted by molar-refractivity contribution is -0.137. The zero-order valence-corrected chi connectivity index (χ0v) is 17.0. The van der Waals surface area contributed by atoms with Gasteiger partial charge in [-0.25, -0.2) is 8.78 Å². The number of halogens is 2. The van der Waals surface area contributed by atoms with Crippen LogP contribution in [0.15, 0.2) is 42.5 Å². The first kappa shape index (κ1) is 19.7. The van der Waals surface area contributed by atoms with E-state index in [0.29, 0.717) is 39.0 Å². The molecule has 31 heavy (non-hydrogen) atoms. The molecule has 2 amide bonds. The number of aromatic amines is 1.